The van der Waals surface area contributed by atoms with Gasteiger partial charge in [0.05, 0.1) is 6.04 Å². The number of halogens is 1. The summed E-state index contributed by atoms with van der Waals surface area (Å²) >= 11 is 6.16. The van der Waals surface area contributed by atoms with Crippen molar-refractivity contribution in [3.8, 4) is 0 Å². The van der Waals surface area contributed by atoms with Crippen LogP contribution in [0, 0.1) is 6.92 Å². The fraction of sp³-hybridized carbons (Fsp3) is 0.235. The summed E-state index contributed by atoms with van der Waals surface area (Å²) in [4.78, 5) is 12.4. The van der Waals surface area contributed by atoms with Gasteiger partial charge in [0.1, 0.15) is 0 Å². The Labute approximate surface area is 130 Å². The second-order valence-corrected chi connectivity index (χ2v) is 5.40. The lowest BCUT2D eigenvalue weighted by Crippen LogP contribution is -2.27. The molecule has 0 heterocycles. The van der Waals surface area contributed by atoms with Gasteiger partial charge in [-0.2, -0.15) is 0 Å². The van der Waals surface area contributed by atoms with E-state index in [2.05, 4.69) is 10.6 Å². The topological polar surface area (TPSA) is 41.1 Å². The highest BCUT2D eigenvalue weighted by Crippen LogP contribution is 2.23. The zero-order chi connectivity index (χ0) is 15.4. The summed E-state index contributed by atoms with van der Waals surface area (Å²) in [5, 5.41) is 6.71. The highest BCUT2D eigenvalue weighted by atomic mass is 35.5. The maximum absolute atomic E-state index is 12.4. The second kappa shape index (κ2) is 6.64. The minimum Gasteiger partial charge on any atom is -0.388 e. The van der Waals surface area contributed by atoms with E-state index < -0.39 is 0 Å². The molecule has 3 nitrogen and oxygen atoms in total. The number of anilines is 1. The molecule has 2 aromatic rings. The summed E-state index contributed by atoms with van der Waals surface area (Å²) in [5.41, 5.74) is 3.51. The van der Waals surface area contributed by atoms with Crippen LogP contribution in [0.4, 0.5) is 5.69 Å². The van der Waals surface area contributed by atoms with Gasteiger partial charge in [0.2, 0.25) is 0 Å². The summed E-state index contributed by atoms with van der Waals surface area (Å²) in [6, 6.07) is 13.1. The number of rotatable bonds is 4. The molecule has 0 saturated carbocycles. The first-order valence-corrected chi connectivity index (χ1v) is 7.24. The molecule has 2 N–H and O–H groups in total. The van der Waals surface area contributed by atoms with Gasteiger partial charge in [-0.1, -0.05) is 29.8 Å². The molecule has 0 aliphatic rings. The van der Waals surface area contributed by atoms with Gasteiger partial charge < -0.3 is 10.6 Å². The number of carbonyl (C=O) groups is 1. The normalized spacial score (nSPS) is 11.8. The first-order valence-electron chi connectivity index (χ1n) is 6.86. The number of nitrogens with one attached hydrogen (secondary N) is 2. The average molecular weight is 303 g/mol. The lowest BCUT2D eigenvalue weighted by Gasteiger charge is -2.17. The fourth-order valence-electron chi connectivity index (χ4n) is 2.25. The predicted molar refractivity (Wildman–Crippen MR) is 88.1 cm³/mol. The SMILES string of the molecule is CNc1ccc(C(=O)NC(C)c2ccccc2Cl)c(C)c1. The predicted octanol–water partition coefficient (Wildman–Crippen LogP) is 4.18. The van der Waals surface area contributed by atoms with E-state index in [0.717, 1.165) is 16.8 Å². The van der Waals surface area contributed by atoms with Crippen molar-refractivity contribution in [1.29, 1.82) is 0 Å². The lowest BCUT2D eigenvalue weighted by atomic mass is 10.0. The molecule has 0 bridgehead atoms. The Hall–Kier alpha value is -2.00. The minimum atomic E-state index is -0.144. The van der Waals surface area contributed by atoms with Gasteiger partial charge in [-0.25, -0.2) is 0 Å². The average Bonchev–Trinajstić information content (AvgIpc) is 2.47. The molecule has 0 saturated heterocycles. The van der Waals surface area contributed by atoms with Gasteiger partial charge in [0, 0.05) is 23.3 Å². The third-order valence-corrected chi connectivity index (χ3v) is 3.82. The van der Waals surface area contributed by atoms with E-state index in [9.17, 15) is 4.79 Å². The van der Waals surface area contributed by atoms with Crippen LogP contribution in [-0.4, -0.2) is 13.0 Å². The van der Waals surface area contributed by atoms with E-state index in [1.54, 1.807) is 0 Å². The Morgan fingerprint density at radius 3 is 2.52 bits per heavy atom. The molecule has 0 aliphatic carbocycles. The zero-order valence-electron chi connectivity index (χ0n) is 12.4. The van der Waals surface area contributed by atoms with Gasteiger partial charge in [-0.3, -0.25) is 4.79 Å². The molecular formula is C17H19ClN2O. The van der Waals surface area contributed by atoms with Crippen molar-refractivity contribution >= 4 is 23.2 Å². The number of amides is 1. The fourth-order valence-corrected chi connectivity index (χ4v) is 2.55. The van der Waals surface area contributed by atoms with Crippen LogP contribution in [0.15, 0.2) is 42.5 Å². The van der Waals surface area contributed by atoms with Gasteiger partial charge in [0.25, 0.3) is 5.91 Å². The summed E-state index contributed by atoms with van der Waals surface area (Å²) in [5.74, 6) is -0.0948. The van der Waals surface area contributed by atoms with Crippen molar-refractivity contribution in [3.63, 3.8) is 0 Å². The van der Waals surface area contributed by atoms with Gasteiger partial charge in [-0.15, -0.1) is 0 Å². The van der Waals surface area contributed by atoms with Crippen LogP contribution in [-0.2, 0) is 0 Å². The number of benzene rings is 2. The molecule has 110 valence electrons. The molecule has 0 radical (unpaired) electrons. The summed E-state index contributed by atoms with van der Waals surface area (Å²) in [6.07, 6.45) is 0. The Kier molecular flexibility index (Phi) is 4.86. The number of hydrogen-bond acceptors (Lipinski definition) is 2. The van der Waals surface area contributed by atoms with Crippen molar-refractivity contribution in [2.45, 2.75) is 19.9 Å². The molecule has 21 heavy (non-hydrogen) atoms. The van der Waals surface area contributed by atoms with Crippen LogP contribution >= 0.6 is 11.6 Å². The number of aryl methyl sites for hydroxylation is 1. The van der Waals surface area contributed by atoms with E-state index >= 15 is 0 Å². The molecule has 4 heteroatoms. The van der Waals surface area contributed by atoms with Gasteiger partial charge in [-0.05, 0) is 49.2 Å². The molecule has 2 aromatic carbocycles. The smallest absolute Gasteiger partial charge is 0.252 e. The monoisotopic (exact) mass is 302 g/mol. The second-order valence-electron chi connectivity index (χ2n) is 5.00. The Morgan fingerprint density at radius 2 is 1.90 bits per heavy atom. The minimum absolute atomic E-state index is 0.0948. The number of hydrogen-bond donors (Lipinski definition) is 2. The van der Waals surface area contributed by atoms with E-state index in [0.29, 0.717) is 10.6 Å². The summed E-state index contributed by atoms with van der Waals surface area (Å²) in [6.45, 7) is 3.85. The van der Waals surface area contributed by atoms with Crippen LogP contribution in [0.5, 0.6) is 0 Å². The molecule has 1 atom stereocenters. The van der Waals surface area contributed by atoms with E-state index in [1.165, 1.54) is 0 Å². The molecule has 0 fully saturated rings. The van der Waals surface area contributed by atoms with Crippen molar-refractivity contribution < 1.29 is 4.79 Å². The van der Waals surface area contributed by atoms with E-state index in [1.807, 2.05) is 63.4 Å². The molecule has 1 amide bonds. The first-order chi connectivity index (χ1) is 10.0. The van der Waals surface area contributed by atoms with Crippen molar-refractivity contribution in [2.24, 2.45) is 0 Å². The molecule has 0 aromatic heterocycles. The highest BCUT2D eigenvalue weighted by molar-refractivity contribution is 6.31. The molecule has 0 aliphatic heterocycles. The lowest BCUT2D eigenvalue weighted by molar-refractivity contribution is 0.0939. The van der Waals surface area contributed by atoms with Crippen LogP contribution in [0.1, 0.15) is 34.5 Å². The standard InChI is InChI=1S/C17H19ClN2O/c1-11-10-13(19-3)8-9-14(11)17(21)20-12(2)15-6-4-5-7-16(15)18/h4-10,12,19H,1-3H3,(H,20,21). The van der Waals surface area contributed by atoms with Crippen molar-refractivity contribution in [2.75, 3.05) is 12.4 Å². The maximum atomic E-state index is 12.4. The summed E-state index contributed by atoms with van der Waals surface area (Å²) in [7, 11) is 1.86. The Bertz CT molecular complexity index is 655. The van der Waals surface area contributed by atoms with Crippen LogP contribution < -0.4 is 10.6 Å². The third kappa shape index (κ3) is 3.56. The Balaban J connectivity index is 2.16. The van der Waals surface area contributed by atoms with E-state index in [-0.39, 0.29) is 11.9 Å². The van der Waals surface area contributed by atoms with Gasteiger partial charge in [0.15, 0.2) is 0 Å². The van der Waals surface area contributed by atoms with E-state index in [4.69, 9.17) is 11.6 Å². The quantitative estimate of drug-likeness (QED) is 0.889. The summed E-state index contributed by atoms with van der Waals surface area (Å²) < 4.78 is 0. The maximum Gasteiger partial charge on any atom is 0.252 e. The van der Waals surface area contributed by atoms with Crippen molar-refractivity contribution in [1.82, 2.24) is 5.32 Å². The largest absolute Gasteiger partial charge is 0.388 e. The van der Waals surface area contributed by atoms with Crippen LogP contribution in [0.2, 0.25) is 5.02 Å². The van der Waals surface area contributed by atoms with Crippen molar-refractivity contribution in [3.05, 3.63) is 64.2 Å². The Morgan fingerprint density at radius 1 is 1.19 bits per heavy atom. The molecular weight excluding hydrogens is 284 g/mol. The molecule has 2 rings (SSSR count). The van der Waals surface area contributed by atoms with Crippen LogP contribution in [0.3, 0.4) is 0 Å². The zero-order valence-corrected chi connectivity index (χ0v) is 13.2. The van der Waals surface area contributed by atoms with Gasteiger partial charge >= 0.3 is 0 Å². The first kappa shape index (κ1) is 15.4. The molecule has 1 unspecified atom stereocenters. The van der Waals surface area contributed by atoms with Crippen LogP contribution in [0.25, 0.3) is 0 Å². The third-order valence-electron chi connectivity index (χ3n) is 3.48. The number of carbonyl (C=O) groups excluding carboxylic acids is 1. The highest BCUT2D eigenvalue weighted by Gasteiger charge is 2.15. The molecule has 0 spiro atoms.